The van der Waals surface area contributed by atoms with Crippen molar-refractivity contribution in [2.24, 2.45) is 0 Å². The second kappa shape index (κ2) is 7.08. The topological polar surface area (TPSA) is 67.9 Å². The largest absolute Gasteiger partial charge is 0.457 e. The number of cyclic esters (lactones) is 1. The van der Waals surface area contributed by atoms with E-state index in [-0.39, 0.29) is 0 Å². The Kier molecular flexibility index (Phi) is 4.45. The molecule has 140 valence electrons. The zero-order valence-electron chi connectivity index (χ0n) is 15.2. The normalized spacial score (nSPS) is 18.3. The highest BCUT2D eigenvalue weighted by atomic mass is 16.6. The Morgan fingerprint density at radius 2 is 1.32 bits per heavy atom. The highest BCUT2D eigenvalue weighted by Gasteiger charge is 2.50. The molecule has 6 nitrogen and oxygen atoms in total. The van der Waals surface area contributed by atoms with Crippen LogP contribution in [0.5, 0.6) is 11.5 Å². The van der Waals surface area contributed by atoms with E-state index >= 15 is 0 Å². The van der Waals surface area contributed by atoms with Gasteiger partial charge in [0.25, 0.3) is 11.6 Å². The van der Waals surface area contributed by atoms with Crippen LogP contribution in [0.2, 0.25) is 0 Å². The molecule has 3 aromatic carbocycles. The number of ether oxygens (including phenoxy) is 2. The number of benzene rings is 3. The molecule has 4 rings (SSSR count). The van der Waals surface area contributed by atoms with Crippen LogP contribution in [-0.2, 0) is 9.53 Å². The van der Waals surface area contributed by atoms with Crippen molar-refractivity contribution >= 4 is 23.4 Å². The summed E-state index contributed by atoms with van der Waals surface area (Å²) in [6.45, 7) is 1.56. The molecule has 1 saturated heterocycles. The van der Waals surface area contributed by atoms with E-state index in [1.807, 2.05) is 72.8 Å². The third kappa shape index (κ3) is 3.27. The summed E-state index contributed by atoms with van der Waals surface area (Å²) in [6.07, 6.45) is -0.766. The van der Waals surface area contributed by atoms with Crippen LogP contribution in [0.1, 0.15) is 6.92 Å². The quantitative estimate of drug-likeness (QED) is 0.707. The minimum absolute atomic E-state index is 0.522. The van der Waals surface area contributed by atoms with Gasteiger partial charge in [-0.3, -0.25) is 15.0 Å². The van der Waals surface area contributed by atoms with Crippen molar-refractivity contribution in [2.75, 3.05) is 4.90 Å². The van der Waals surface area contributed by atoms with Gasteiger partial charge in [0.15, 0.2) is 0 Å². The molecule has 0 radical (unpaired) electrons. The van der Waals surface area contributed by atoms with E-state index in [0.717, 1.165) is 5.75 Å². The van der Waals surface area contributed by atoms with Crippen molar-refractivity contribution in [3.05, 3.63) is 84.9 Å². The van der Waals surface area contributed by atoms with E-state index in [0.29, 0.717) is 17.1 Å². The maximum absolute atomic E-state index is 12.5. The van der Waals surface area contributed by atoms with Gasteiger partial charge in [-0.2, -0.15) is 0 Å². The van der Waals surface area contributed by atoms with Crippen LogP contribution in [0.15, 0.2) is 84.9 Å². The number of nitrogens with zero attached hydrogens (tertiary/aromatic N) is 1. The van der Waals surface area contributed by atoms with Crippen LogP contribution in [0.25, 0.3) is 0 Å². The molecule has 1 atom stereocenters. The molecule has 0 spiro atoms. The lowest BCUT2D eigenvalue weighted by Crippen LogP contribution is -2.50. The van der Waals surface area contributed by atoms with Gasteiger partial charge in [0.2, 0.25) is 0 Å². The first-order valence-corrected chi connectivity index (χ1v) is 8.79. The molecule has 1 aliphatic rings. The Bertz CT molecular complexity index is 990. The van der Waals surface area contributed by atoms with Crippen molar-refractivity contribution in [3.63, 3.8) is 0 Å². The predicted molar refractivity (Wildman–Crippen MR) is 105 cm³/mol. The molecular formula is C22H18N2O4. The number of hydrogen-bond acceptors (Lipinski definition) is 5. The summed E-state index contributed by atoms with van der Waals surface area (Å²) in [5, 5.41) is 2.20. The Balaban J connectivity index is 1.69. The van der Waals surface area contributed by atoms with E-state index in [9.17, 15) is 9.59 Å². The first-order chi connectivity index (χ1) is 13.6. The minimum Gasteiger partial charge on any atom is -0.457 e. The first-order valence-electron chi connectivity index (χ1n) is 8.79. The molecule has 1 unspecified atom stereocenters. The number of rotatable bonds is 5. The van der Waals surface area contributed by atoms with Gasteiger partial charge < -0.3 is 9.47 Å². The maximum Gasteiger partial charge on any atom is 0.416 e. The number of carbonyl (C=O) groups is 2. The number of para-hydroxylation sites is 2. The summed E-state index contributed by atoms with van der Waals surface area (Å²) in [7, 11) is 0. The minimum atomic E-state index is -1.50. The van der Waals surface area contributed by atoms with Crippen LogP contribution in [0.4, 0.5) is 16.2 Å². The molecule has 0 aliphatic carbocycles. The summed E-state index contributed by atoms with van der Waals surface area (Å²) in [5.74, 6) is 0.859. The first kappa shape index (κ1) is 17.6. The molecule has 3 aromatic rings. The molecule has 28 heavy (non-hydrogen) atoms. The Morgan fingerprint density at radius 1 is 0.786 bits per heavy atom. The van der Waals surface area contributed by atoms with Crippen LogP contribution in [-0.4, -0.2) is 17.7 Å². The molecule has 0 bridgehead atoms. The van der Waals surface area contributed by atoms with Crippen LogP contribution in [0.3, 0.4) is 0 Å². The third-order valence-electron chi connectivity index (χ3n) is 4.44. The van der Waals surface area contributed by atoms with Crippen molar-refractivity contribution in [1.29, 1.82) is 0 Å². The van der Waals surface area contributed by atoms with E-state index in [1.54, 1.807) is 24.0 Å². The van der Waals surface area contributed by atoms with Crippen LogP contribution in [0, 0.1) is 0 Å². The fraction of sp³-hybridized carbons (Fsp3) is 0.0909. The van der Waals surface area contributed by atoms with Gasteiger partial charge in [-0.15, -0.1) is 0 Å². The van der Waals surface area contributed by atoms with Gasteiger partial charge in [0.05, 0.1) is 0 Å². The average molecular weight is 374 g/mol. The molecule has 0 aromatic heterocycles. The molecule has 6 heteroatoms. The summed E-state index contributed by atoms with van der Waals surface area (Å²) >= 11 is 0. The van der Waals surface area contributed by atoms with E-state index in [2.05, 4.69) is 5.32 Å². The molecular weight excluding hydrogens is 356 g/mol. The maximum atomic E-state index is 12.5. The number of nitrogens with one attached hydrogen (secondary N) is 1. The number of alkyl carbamates (subject to hydrolysis) is 1. The summed E-state index contributed by atoms with van der Waals surface area (Å²) < 4.78 is 11.2. The third-order valence-corrected chi connectivity index (χ3v) is 4.44. The molecule has 2 amide bonds. The number of imide groups is 1. The van der Waals surface area contributed by atoms with Crippen molar-refractivity contribution < 1.29 is 19.1 Å². The van der Waals surface area contributed by atoms with Gasteiger partial charge in [0, 0.05) is 18.3 Å². The van der Waals surface area contributed by atoms with Crippen molar-refractivity contribution in [1.82, 2.24) is 5.32 Å². The molecule has 1 N–H and O–H groups in total. The number of carbonyl (C=O) groups excluding carboxylic acids is 2. The lowest BCUT2D eigenvalue weighted by Gasteiger charge is -2.36. The second-order valence-electron chi connectivity index (χ2n) is 6.41. The van der Waals surface area contributed by atoms with E-state index in [1.165, 1.54) is 0 Å². The van der Waals surface area contributed by atoms with Gasteiger partial charge in [-0.05, 0) is 48.5 Å². The zero-order valence-corrected chi connectivity index (χ0v) is 15.2. The van der Waals surface area contributed by atoms with Gasteiger partial charge in [-0.25, -0.2) is 4.79 Å². The summed E-state index contributed by atoms with van der Waals surface area (Å²) in [5.41, 5.74) is -0.106. The second-order valence-corrected chi connectivity index (χ2v) is 6.41. The molecule has 1 aliphatic heterocycles. The molecule has 0 saturated carbocycles. The van der Waals surface area contributed by atoms with E-state index in [4.69, 9.17) is 9.47 Å². The highest BCUT2D eigenvalue weighted by Crippen LogP contribution is 2.37. The lowest BCUT2D eigenvalue weighted by molar-refractivity contribution is -0.129. The Labute approximate surface area is 162 Å². The SMILES string of the molecule is CC1(N(c2ccccc2)c2ccc(Oc3ccccc3)cc2)OC(=O)NC1=O. The summed E-state index contributed by atoms with van der Waals surface area (Å²) in [6, 6.07) is 26.0. The molecule has 1 fully saturated rings. The van der Waals surface area contributed by atoms with Crippen LogP contribution >= 0.6 is 0 Å². The fourth-order valence-corrected chi connectivity index (χ4v) is 3.11. The molecule has 1 heterocycles. The van der Waals surface area contributed by atoms with Crippen molar-refractivity contribution in [2.45, 2.75) is 12.6 Å². The van der Waals surface area contributed by atoms with Gasteiger partial charge in [-0.1, -0.05) is 36.4 Å². The average Bonchev–Trinajstić information content (AvgIpc) is 2.97. The van der Waals surface area contributed by atoms with E-state index < -0.39 is 17.7 Å². The highest BCUT2D eigenvalue weighted by molar-refractivity contribution is 6.05. The Hall–Kier alpha value is -3.80. The smallest absolute Gasteiger partial charge is 0.416 e. The van der Waals surface area contributed by atoms with Crippen LogP contribution < -0.4 is 15.0 Å². The number of amides is 2. The fourth-order valence-electron chi connectivity index (χ4n) is 3.11. The predicted octanol–water partition coefficient (Wildman–Crippen LogP) is 4.60. The number of anilines is 2. The standard InChI is InChI=1S/C22H18N2O4/c1-22(20(25)23-21(26)28-22)24(16-8-4-2-5-9-16)17-12-14-19(15-13-17)27-18-10-6-3-7-11-18/h2-15H,1H3,(H,23,25,26). The van der Waals surface area contributed by atoms with Gasteiger partial charge in [0.1, 0.15) is 11.5 Å². The number of hydrogen-bond donors (Lipinski definition) is 1. The Morgan fingerprint density at radius 3 is 1.89 bits per heavy atom. The lowest BCUT2D eigenvalue weighted by atomic mass is 10.1. The zero-order chi connectivity index (χ0) is 19.6. The van der Waals surface area contributed by atoms with Crippen molar-refractivity contribution in [3.8, 4) is 11.5 Å². The van der Waals surface area contributed by atoms with Gasteiger partial charge >= 0.3 is 6.09 Å². The summed E-state index contributed by atoms with van der Waals surface area (Å²) in [4.78, 5) is 25.9. The monoisotopic (exact) mass is 374 g/mol.